The van der Waals surface area contributed by atoms with Crippen LogP contribution in [0.25, 0.3) is 0 Å². The molecule has 1 aromatic carbocycles. The summed E-state index contributed by atoms with van der Waals surface area (Å²) in [5.74, 6) is 0.900. The Balaban J connectivity index is 2.22. The first-order valence-electron chi connectivity index (χ1n) is 5.87. The van der Waals surface area contributed by atoms with Crippen LogP contribution in [0.1, 0.15) is 5.56 Å². The number of alkyl halides is 3. The normalized spacial score (nSPS) is 19.7. The van der Waals surface area contributed by atoms with Crippen LogP contribution in [-0.2, 0) is 11.0 Å². The standard InChI is InChI=1S/C12H12ClF3N2OS/c13-8-3-1-2-7(12(14,15)16)10(8)18-11(19)9-6-20-5-4-17-9/h1-3,9,17H,4-6H2,(H,18,19). The summed E-state index contributed by atoms with van der Waals surface area (Å²) in [6.07, 6.45) is -4.57. The molecule has 1 aliphatic rings. The molecule has 0 aromatic heterocycles. The van der Waals surface area contributed by atoms with Crippen LogP contribution in [0.15, 0.2) is 18.2 Å². The van der Waals surface area contributed by atoms with Crippen molar-refractivity contribution in [3.63, 3.8) is 0 Å². The molecule has 0 radical (unpaired) electrons. The zero-order chi connectivity index (χ0) is 14.8. The molecule has 1 atom stereocenters. The first kappa shape index (κ1) is 15.5. The number of halogens is 4. The number of thioether (sulfide) groups is 1. The van der Waals surface area contributed by atoms with E-state index in [1.165, 1.54) is 12.1 Å². The van der Waals surface area contributed by atoms with Crippen molar-refractivity contribution < 1.29 is 18.0 Å². The molecule has 2 N–H and O–H groups in total. The number of hydrogen-bond acceptors (Lipinski definition) is 3. The molecule has 0 bridgehead atoms. The third-order valence-corrected chi connectivity index (χ3v) is 4.18. The van der Waals surface area contributed by atoms with Gasteiger partial charge in [0.2, 0.25) is 5.91 Å². The largest absolute Gasteiger partial charge is 0.418 e. The maximum atomic E-state index is 12.9. The second-order valence-corrected chi connectivity index (χ2v) is 5.79. The van der Waals surface area contributed by atoms with Crippen molar-refractivity contribution in [1.29, 1.82) is 0 Å². The van der Waals surface area contributed by atoms with E-state index < -0.39 is 23.7 Å². The predicted molar refractivity (Wildman–Crippen MR) is 74.2 cm³/mol. The topological polar surface area (TPSA) is 41.1 Å². The van der Waals surface area contributed by atoms with Gasteiger partial charge in [0.15, 0.2) is 0 Å². The van der Waals surface area contributed by atoms with Crippen LogP contribution in [0.5, 0.6) is 0 Å². The summed E-state index contributed by atoms with van der Waals surface area (Å²) in [6, 6.07) is 2.90. The minimum absolute atomic E-state index is 0.128. The summed E-state index contributed by atoms with van der Waals surface area (Å²) in [7, 11) is 0. The first-order valence-corrected chi connectivity index (χ1v) is 7.40. The smallest absolute Gasteiger partial charge is 0.323 e. The fraction of sp³-hybridized carbons (Fsp3) is 0.417. The van der Waals surface area contributed by atoms with E-state index >= 15 is 0 Å². The molecule has 1 saturated heterocycles. The molecule has 1 heterocycles. The van der Waals surface area contributed by atoms with Crippen molar-refractivity contribution in [1.82, 2.24) is 5.32 Å². The molecule has 0 spiro atoms. The molecular formula is C12H12ClF3N2OS. The Hall–Kier alpha value is -0.920. The van der Waals surface area contributed by atoms with E-state index in [2.05, 4.69) is 10.6 Å². The fourth-order valence-electron chi connectivity index (χ4n) is 1.83. The van der Waals surface area contributed by atoms with Gasteiger partial charge in [0.25, 0.3) is 0 Å². The monoisotopic (exact) mass is 324 g/mol. The molecule has 110 valence electrons. The number of rotatable bonds is 2. The maximum absolute atomic E-state index is 12.9. The van der Waals surface area contributed by atoms with Crippen LogP contribution in [0.3, 0.4) is 0 Å². The molecule has 1 fully saturated rings. The van der Waals surface area contributed by atoms with Crippen LogP contribution in [0, 0.1) is 0 Å². The summed E-state index contributed by atoms with van der Waals surface area (Å²) >= 11 is 7.36. The van der Waals surface area contributed by atoms with Crippen molar-refractivity contribution in [2.75, 3.05) is 23.4 Å². The molecule has 3 nitrogen and oxygen atoms in total. The van der Waals surface area contributed by atoms with Crippen molar-refractivity contribution in [2.24, 2.45) is 0 Å². The van der Waals surface area contributed by atoms with Gasteiger partial charge in [0.05, 0.1) is 22.3 Å². The molecule has 1 aromatic rings. The quantitative estimate of drug-likeness (QED) is 0.878. The lowest BCUT2D eigenvalue weighted by Gasteiger charge is -2.23. The van der Waals surface area contributed by atoms with Gasteiger partial charge in [-0.15, -0.1) is 0 Å². The number of amides is 1. The van der Waals surface area contributed by atoms with Crippen molar-refractivity contribution in [3.8, 4) is 0 Å². The SMILES string of the molecule is O=C(Nc1c(Cl)cccc1C(F)(F)F)C1CSCCN1. The van der Waals surface area contributed by atoms with Gasteiger partial charge in [-0.2, -0.15) is 24.9 Å². The number of carbonyl (C=O) groups is 1. The molecule has 0 saturated carbocycles. The van der Waals surface area contributed by atoms with E-state index in [-0.39, 0.29) is 10.7 Å². The van der Waals surface area contributed by atoms with Gasteiger partial charge in [0.1, 0.15) is 0 Å². The molecule has 1 unspecified atom stereocenters. The second-order valence-electron chi connectivity index (χ2n) is 4.23. The number of anilines is 1. The van der Waals surface area contributed by atoms with Gasteiger partial charge >= 0.3 is 6.18 Å². The highest BCUT2D eigenvalue weighted by Gasteiger charge is 2.35. The molecule has 8 heteroatoms. The van der Waals surface area contributed by atoms with Gasteiger partial charge in [-0.05, 0) is 12.1 Å². The summed E-state index contributed by atoms with van der Waals surface area (Å²) in [4.78, 5) is 12.0. The molecule has 2 rings (SSSR count). The average molecular weight is 325 g/mol. The zero-order valence-corrected chi connectivity index (χ0v) is 11.8. The second kappa shape index (κ2) is 6.24. The van der Waals surface area contributed by atoms with E-state index in [9.17, 15) is 18.0 Å². The fourth-order valence-corrected chi connectivity index (χ4v) is 2.99. The number of para-hydroxylation sites is 1. The molecule has 1 amide bonds. The van der Waals surface area contributed by atoms with Crippen LogP contribution in [-0.4, -0.2) is 30.0 Å². The summed E-state index contributed by atoms with van der Waals surface area (Å²) in [6.45, 7) is 0.650. The number of carbonyl (C=O) groups excluding carboxylic acids is 1. The molecule has 0 aliphatic carbocycles. The van der Waals surface area contributed by atoms with Crippen molar-refractivity contribution >= 4 is 35.0 Å². The highest BCUT2D eigenvalue weighted by molar-refractivity contribution is 7.99. The first-order chi connectivity index (χ1) is 9.39. The number of nitrogens with one attached hydrogen (secondary N) is 2. The summed E-state index contributed by atoms with van der Waals surface area (Å²) < 4.78 is 38.7. The Morgan fingerprint density at radius 3 is 2.80 bits per heavy atom. The predicted octanol–water partition coefficient (Wildman–Crippen LogP) is 3.00. The third-order valence-electron chi connectivity index (χ3n) is 2.81. The number of hydrogen-bond donors (Lipinski definition) is 2. The summed E-state index contributed by atoms with van der Waals surface area (Å²) in [5, 5.41) is 5.12. The molecule has 20 heavy (non-hydrogen) atoms. The van der Waals surface area contributed by atoms with E-state index in [1.807, 2.05) is 0 Å². The van der Waals surface area contributed by atoms with E-state index in [0.717, 1.165) is 11.8 Å². The van der Waals surface area contributed by atoms with Gasteiger partial charge in [-0.3, -0.25) is 4.79 Å². The Morgan fingerprint density at radius 2 is 2.20 bits per heavy atom. The highest BCUT2D eigenvalue weighted by Crippen LogP contribution is 2.38. The van der Waals surface area contributed by atoms with E-state index in [0.29, 0.717) is 12.3 Å². The van der Waals surface area contributed by atoms with Crippen molar-refractivity contribution in [3.05, 3.63) is 28.8 Å². The average Bonchev–Trinajstić information content (AvgIpc) is 2.40. The zero-order valence-electron chi connectivity index (χ0n) is 10.3. The maximum Gasteiger partial charge on any atom is 0.418 e. The summed E-state index contributed by atoms with van der Waals surface area (Å²) in [5.41, 5.74) is -1.33. The number of benzene rings is 1. The lowest BCUT2D eigenvalue weighted by Crippen LogP contribution is -2.46. The lowest BCUT2D eigenvalue weighted by atomic mass is 10.1. The van der Waals surface area contributed by atoms with Gasteiger partial charge in [0, 0.05) is 18.1 Å². The van der Waals surface area contributed by atoms with Crippen LogP contribution in [0.4, 0.5) is 18.9 Å². The van der Waals surface area contributed by atoms with E-state index in [4.69, 9.17) is 11.6 Å². The van der Waals surface area contributed by atoms with Gasteiger partial charge in [-0.25, -0.2) is 0 Å². The minimum Gasteiger partial charge on any atom is -0.323 e. The Bertz CT molecular complexity index is 504. The third kappa shape index (κ3) is 3.59. The highest BCUT2D eigenvalue weighted by atomic mass is 35.5. The van der Waals surface area contributed by atoms with Crippen LogP contribution in [0.2, 0.25) is 5.02 Å². The van der Waals surface area contributed by atoms with Gasteiger partial charge in [-0.1, -0.05) is 17.7 Å². The molecule has 1 aliphatic heterocycles. The van der Waals surface area contributed by atoms with Crippen LogP contribution >= 0.6 is 23.4 Å². The van der Waals surface area contributed by atoms with Crippen molar-refractivity contribution in [2.45, 2.75) is 12.2 Å². The lowest BCUT2D eigenvalue weighted by molar-refractivity contribution is -0.137. The van der Waals surface area contributed by atoms with Crippen LogP contribution < -0.4 is 10.6 Å². The molecular weight excluding hydrogens is 313 g/mol. The Morgan fingerprint density at radius 1 is 1.45 bits per heavy atom. The van der Waals surface area contributed by atoms with Gasteiger partial charge < -0.3 is 10.6 Å². The van der Waals surface area contributed by atoms with E-state index in [1.54, 1.807) is 11.8 Å². The Kier molecular flexibility index (Phi) is 4.82. The Labute approximate surface area is 123 Å². The minimum atomic E-state index is -4.57.